The van der Waals surface area contributed by atoms with Gasteiger partial charge >= 0.3 is 51.8 Å². The van der Waals surface area contributed by atoms with Gasteiger partial charge in [-0.05, 0) is 161 Å². The highest BCUT2D eigenvalue weighted by Gasteiger charge is 2.64. The fourth-order valence-electron chi connectivity index (χ4n) is 11.1. The van der Waals surface area contributed by atoms with E-state index in [0.29, 0.717) is 66.8 Å². The minimum Gasteiger partial charge on any atom is -0.477 e. The number of anilines is 3. The van der Waals surface area contributed by atoms with E-state index in [0.717, 1.165) is 49.3 Å². The van der Waals surface area contributed by atoms with Crippen molar-refractivity contribution in [1.29, 1.82) is 0 Å². The fourth-order valence-corrected chi connectivity index (χ4v) is 13.3. The number of pyridine rings is 3. The molecule has 0 spiro atoms. The van der Waals surface area contributed by atoms with Crippen LogP contribution in [0.25, 0.3) is 44.4 Å². The van der Waals surface area contributed by atoms with Crippen molar-refractivity contribution in [3.05, 3.63) is 177 Å². The molecule has 13 rings (SSSR count). The number of hydrogen-bond acceptors (Lipinski definition) is 21. The summed E-state index contributed by atoms with van der Waals surface area (Å²) in [6, 6.07) is 9.98. The van der Waals surface area contributed by atoms with E-state index < -0.39 is 149 Å². The molecule has 7 aromatic heterocycles. The average molecular weight is 1720 g/mol. The van der Waals surface area contributed by atoms with E-state index in [-0.39, 0.29) is 39.1 Å². The van der Waals surface area contributed by atoms with Crippen molar-refractivity contribution in [1.82, 2.24) is 52.8 Å². The van der Waals surface area contributed by atoms with Crippen LogP contribution < -0.4 is 24.4 Å². The maximum atomic E-state index is 15.2. The lowest BCUT2D eigenvalue weighted by Gasteiger charge is -2.32. The standard InChI is InChI=1S/C22H25BF2N4O5S.C22H20F2N6O4S.C16H13BrF2N4O3S.C12H24B2O4/c1-21(2)22(3,4)34-23(33-21)12-9-13-14(11-27-20(13)26-10-12)19(30)17-15(24)7-8-16(18(17)25)28-35(31,32)29(5)6;1-4-34-18-11-25-17(10-26-18)12-7-13-14(9-28-22(13)27-8-12)21(31)19-15(23)5-6-16(20(19)24)29-35(32,33)30(2)3;1-23(2)27(25,26)22-12-4-3-11(18)13(14(12)19)15(24)10-7-21-16-9(10)5-8(17)6-20-16;1-9(2)10(3,4)16-13(15-9)14-17-11(5,6)12(7,8)18-14/h7-11,28H,1-6H3,(H,26,27);5-11,29H,4H2,1-3H3,(H,27,28);3-7,22H,1-2H3,(H,20,21);1-8H3. The summed E-state index contributed by atoms with van der Waals surface area (Å²) < 4.78 is 211. The van der Waals surface area contributed by atoms with Crippen LogP contribution in [-0.2, 0) is 58.6 Å². The van der Waals surface area contributed by atoms with Crippen LogP contribution in [0.2, 0.25) is 0 Å². The third-order valence-corrected chi connectivity index (χ3v) is 24.7. The molecule has 0 radical (unpaired) electrons. The second-order valence-corrected chi connectivity index (χ2v) is 36.5. The first-order chi connectivity index (χ1) is 53.3. The normalized spacial score (nSPS) is 16.7. The molecule has 0 aliphatic carbocycles. The van der Waals surface area contributed by atoms with Gasteiger partial charge in [-0.15, -0.1) is 0 Å². The van der Waals surface area contributed by atoms with Crippen LogP contribution >= 0.6 is 15.9 Å². The van der Waals surface area contributed by atoms with Gasteiger partial charge in [-0.2, -0.15) is 38.2 Å². The molecule has 0 bridgehead atoms. The molecule has 612 valence electrons. The molecule has 43 heteroatoms. The second-order valence-electron chi connectivity index (χ2n) is 30.0. The van der Waals surface area contributed by atoms with Gasteiger partial charge in [0.25, 0.3) is 0 Å². The van der Waals surface area contributed by atoms with Crippen molar-refractivity contribution in [2.24, 2.45) is 0 Å². The Kier molecular flexibility index (Phi) is 25.1. The van der Waals surface area contributed by atoms with E-state index in [1.165, 1.54) is 91.9 Å². The van der Waals surface area contributed by atoms with E-state index in [9.17, 15) is 57.2 Å². The topological polar surface area (TPSA) is 376 Å². The monoisotopic (exact) mass is 1720 g/mol. The Balaban J connectivity index is 0.000000166. The molecule has 0 atom stereocenters. The number of ketones is 3. The van der Waals surface area contributed by atoms with E-state index in [1.54, 1.807) is 18.2 Å². The summed E-state index contributed by atoms with van der Waals surface area (Å²) in [7, 11) is -6.48. The average Bonchev–Trinajstić information content (AvgIpc) is 1.61. The number of hydrogen-bond donors (Lipinski definition) is 6. The number of aromatic amines is 3. The summed E-state index contributed by atoms with van der Waals surface area (Å²) in [5.74, 6) is -9.92. The van der Waals surface area contributed by atoms with Crippen molar-refractivity contribution in [3.63, 3.8) is 0 Å². The predicted molar refractivity (Wildman–Crippen MR) is 424 cm³/mol. The van der Waals surface area contributed by atoms with Gasteiger partial charge in [-0.3, -0.25) is 28.5 Å². The van der Waals surface area contributed by atoms with Crippen LogP contribution in [0.1, 0.15) is 138 Å². The molecule has 3 aliphatic rings. The minimum absolute atomic E-state index is 0.00390. The van der Waals surface area contributed by atoms with Gasteiger partial charge in [0.2, 0.25) is 23.2 Å². The molecule has 30 nitrogen and oxygen atoms in total. The number of ether oxygens (including phenoxy) is 1. The zero-order valence-electron chi connectivity index (χ0n) is 65.7. The van der Waals surface area contributed by atoms with E-state index in [1.807, 2.05) is 104 Å². The molecule has 3 aromatic carbocycles. The Bertz CT molecular complexity index is 5720. The number of nitrogens with zero attached hydrogens (tertiary/aromatic N) is 8. The van der Waals surface area contributed by atoms with Gasteiger partial charge in [0.15, 0.2) is 17.5 Å². The number of halogens is 7. The zero-order valence-corrected chi connectivity index (χ0v) is 69.8. The minimum atomic E-state index is -4.09. The molecule has 3 aliphatic heterocycles. The largest absolute Gasteiger partial charge is 0.496 e. The maximum Gasteiger partial charge on any atom is 0.496 e. The van der Waals surface area contributed by atoms with Crippen molar-refractivity contribution >= 4 is 141 Å². The maximum absolute atomic E-state index is 15.2. The molecule has 3 saturated heterocycles. The van der Waals surface area contributed by atoms with Gasteiger partial charge in [0, 0.05) is 128 Å². The number of nitrogens with one attached hydrogen (secondary N) is 6. The van der Waals surface area contributed by atoms with E-state index >= 15 is 8.78 Å². The highest BCUT2D eigenvalue weighted by atomic mass is 79.9. The summed E-state index contributed by atoms with van der Waals surface area (Å²) >= 11 is 3.23. The number of H-pyrrole nitrogens is 3. The van der Waals surface area contributed by atoms with Gasteiger partial charge < -0.3 is 47.6 Å². The number of rotatable bonds is 20. The Labute approximate surface area is 669 Å². The second kappa shape index (κ2) is 32.7. The fraction of sp³-hybridized carbons (Fsp3) is 0.361. The number of aromatic nitrogens is 8. The quantitative estimate of drug-likeness (QED) is 0.0234. The Morgan fingerprint density at radius 3 is 1.12 bits per heavy atom. The molecule has 6 N–H and O–H groups in total. The smallest absolute Gasteiger partial charge is 0.477 e. The number of fused-ring (bicyclic) bond motifs is 3. The van der Waals surface area contributed by atoms with E-state index in [4.69, 9.17) is 32.7 Å². The molecular formula is C72H82B3BrF6N14O16S3. The zero-order chi connectivity index (χ0) is 85.2. The molecule has 10 heterocycles. The lowest BCUT2D eigenvalue weighted by Crippen LogP contribution is -2.41. The summed E-state index contributed by atoms with van der Waals surface area (Å²) in [5, 5.41) is 0.967. The van der Waals surface area contributed by atoms with E-state index in [2.05, 4.69) is 55.8 Å². The Morgan fingerprint density at radius 1 is 0.452 bits per heavy atom. The van der Waals surface area contributed by atoms with Crippen LogP contribution in [0.15, 0.2) is 109 Å². The first-order valence-corrected chi connectivity index (χ1v) is 40.2. The van der Waals surface area contributed by atoms with Crippen molar-refractivity contribution < 1.29 is 98.6 Å². The molecular weight excluding hydrogens is 1640 g/mol. The van der Waals surface area contributed by atoms with Gasteiger partial charge in [0.1, 0.15) is 34.4 Å². The summed E-state index contributed by atoms with van der Waals surface area (Å²) in [6.45, 7) is 26.0. The van der Waals surface area contributed by atoms with Crippen LogP contribution in [-0.4, -0.2) is 199 Å². The summed E-state index contributed by atoms with van der Waals surface area (Å²) in [6.07, 6.45) is 11.3. The van der Waals surface area contributed by atoms with Crippen molar-refractivity contribution in [3.8, 4) is 17.1 Å². The van der Waals surface area contributed by atoms with Crippen molar-refractivity contribution in [2.75, 3.05) is 63.1 Å². The number of carbonyl (C=O) groups excluding carboxylic acids is 3. The SMILES string of the molecule is CC1(C)OB(B2OC(C)(C)C(C)(C)O2)OC1(C)C.CCOc1cnc(-c2cnc3[nH]cc(C(=O)c4c(F)ccc(NS(=O)(=O)N(C)C)c4F)c3c2)cn1.CN(C)S(=O)(=O)Nc1ccc(F)c(C(=O)c2c[nH]c3ncc(B4OC(C)(C)C(C)(C)O4)cc23)c1F.CN(C)S(=O)(=O)Nc1ccc(F)c(C(=O)c2c[nH]c3ncc(Br)cc23)c1F. The number of benzene rings is 3. The molecule has 115 heavy (non-hydrogen) atoms. The van der Waals surface area contributed by atoms with Crippen molar-refractivity contribution in [2.45, 2.75) is 124 Å². The predicted octanol–water partition coefficient (Wildman–Crippen LogP) is 11.0. The first-order valence-electron chi connectivity index (χ1n) is 35.0. The van der Waals surface area contributed by atoms with Crippen LogP contribution in [0, 0.1) is 34.9 Å². The van der Waals surface area contributed by atoms with Crippen LogP contribution in [0.4, 0.5) is 43.4 Å². The Hall–Kier alpha value is -9.24. The molecule has 0 unspecified atom stereocenters. The number of carbonyl (C=O) groups is 3. The lowest BCUT2D eigenvalue weighted by atomic mass is 9.49. The van der Waals surface area contributed by atoms with Gasteiger partial charge in [-0.25, -0.2) is 51.3 Å². The first kappa shape index (κ1) is 88.1. The third-order valence-electron chi connectivity index (χ3n) is 19.9. The van der Waals surface area contributed by atoms with Gasteiger partial charge in [0.05, 0.1) is 92.1 Å². The summed E-state index contributed by atoms with van der Waals surface area (Å²) in [5.41, 5.74) is -4.59. The van der Waals surface area contributed by atoms with Crippen LogP contribution in [0.3, 0.4) is 0 Å². The highest BCUT2D eigenvalue weighted by molar-refractivity contribution is 9.10. The molecule has 3 fully saturated rings. The third kappa shape index (κ3) is 18.2. The lowest BCUT2D eigenvalue weighted by molar-refractivity contribution is 0.00578. The molecule has 0 amide bonds. The Morgan fingerprint density at radius 2 is 0.783 bits per heavy atom. The molecule has 0 saturated carbocycles. The molecule has 10 aromatic rings. The highest BCUT2D eigenvalue weighted by Crippen LogP contribution is 2.44. The van der Waals surface area contributed by atoms with Gasteiger partial charge in [-0.1, -0.05) is 0 Å². The summed E-state index contributed by atoms with van der Waals surface area (Å²) in [4.78, 5) is 68.7. The van der Waals surface area contributed by atoms with Crippen LogP contribution in [0.5, 0.6) is 5.88 Å².